The van der Waals surface area contributed by atoms with Crippen LogP contribution in [0.1, 0.15) is 12.5 Å². The Morgan fingerprint density at radius 3 is 2.74 bits per heavy atom. The SMILES string of the molecule is CC(=O)/C(COc1cnc(N2CCN3CCOC[C@@H]3C2)cn1)=C(\N)c1ccc(F)cc1. The number of carbonyl (C=O) groups is 1. The molecule has 1 atom stereocenters. The third kappa shape index (κ3) is 5.00. The van der Waals surface area contributed by atoms with E-state index in [0.29, 0.717) is 23.1 Å². The highest BCUT2D eigenvalue weighted by Gasteiger charge is 2.30. The summed E-state index contributed by atoms with van der Waals surface area (Å²) in [6.45, 7) is 6.58. The maximum absolute atomic E-state index is 13.2. The number of piperazine rings is 1. The second kappa shape index (κ2) is 9.40. The standard InChI is InChI=1S/C22H26FN5O3/c1-15(29)19(22(24)16-2-4-17(23)5-3-16)14-31-21-11-25-20(10-26-21)28-7-6-27-8-9-30-13-18(27)12-28/h2-5,10-11,18H,6-9,12-14,24H2,1H3/b22-19-/t18-/m0/s1. The molecule has 9 heteroatoms. The number of nitrogens with two attached hydrogens (primary N) is 1. The monoisotopic (exact) mass is 427 g/mol. The van der Waals surface area contributed by atoms with E-state index in [1.54, 1.807) is 12.4 Å². The van der Waals surface area contributed by atoms with E-state index in [4.69, 9.17) is 15.2 Å². The zero-order valence-corrected chi connectivity index (χ0v) is 17.5. The fraction of sp³-hybridized carbons (Fsp3) is 0.409. The van der Waals surface area contributed by atoms with Crippen LogP contribution in [0.2, 0.25) is 0 Å². The first-order valence-corrected chi connectivity index (χ1v) is 10.3. The van der Waals surface area contributed by atoms with Gasteiger partial charge in [-0.05, 0) is 36.8 Å². The van der Waals surface area contributed by atoms with Gasteiger partial charge in [0.15, 0.2) is 5.78 Å². The lowest BCUT2D eigenvalue weighted by Crippen LogP contribution is -2.58. The third-order valence-corrected chi connectivity index (χ3v) is 5.65. The molecule has 3 heterocycles. The van der Waals surface area contributed by atoms with Crippen LogP contribution in [-0.4, -0.2) is 72.7 Å². The molecule has 0 unspecified atom stereocenters. The van der Waals surface area contributed by atoms with E-state index in [-0.39, 0.29) is 23.9 Å². The van der Waals surface area contributed by atoms with Gasteiger partial charge in [0.1, 0.15) is 18.2 Å². The molecule has 0 bridgehead atoms. The maximum atomic E-state index is 13.2. The number of morpholine rings is 1. The van der Waals surface area contributed by atoms with Crippen molar-refractivity contribution in [3.63, 3.8) is 0 Å². The topological polar surface area (TPSA) is 93.8 Å². The lowest BCUT2D eigenvalue weighted by Gasteiger charge is -2.44. The van der Waals surface area contributed by atoms with Crippen molar-refractivity contribution < 1.29 is 18.7 Å². The quantitative estimate of drug-likeness (QED) is 0.693. The summed E-state index contributed by atoms with van der Waals surface area (Å²) >= 11 is 0. The predicted molar refractivity (Wildman–Crippen MR) is 114 cm³/mol. The first-order chi connectivity index (χ1) is 15.0. The van der Waals surface area contributed by atoms with E-state index in [2.05, 4.69) is 19.8 Å². The number of hydrogen-bond acceptors (Lipinski definition) is 8. The van der Waals surface area contributed by atoms with Crippen molar-refractivity contribution >= 4 is 17.3 Å². The van der Waals surface area contributed by atoms with Gasteiger partial charge in [-0.25, -0.2) is 14.4 Å². The number of anilines is 1. The second-order valence-corrected chi connectivity index (χ2v) is 7.67. The highest BCUT2D eigenvalue weighted by molar-refractivity contribution is 6.00. The molecule has 0 aliphatic carbocycles. The van der Waals surface area contributed by atoms with Crippen LogP contribution in [0.25, 0.3) is 5.70 Å². The molecule has 0 radical (unpaired) electrons. The van der Waals surface area contributed by atoms with Crippen LogP contribution >= 0.6 is 0 Å². The highest BCUT2D eigenvalue weighted by Crippen LogP contribution is 2.21. The molecule has 2 aliphatic heterocycles. The van der Waals surface area contributed by atoms with Crippen LogP contribution in [-0.2, 0) is 9.53 Å². The fourth-order valence-corrected chi connectivity index (χ4v) is 3.82. The molecule has 2 fully saturated rings. The molecule has 0 spiro atoms. The van der Waals surface area contributed by atoms with E-state index >= 15 is 0 Å². The minimum Gasteiger partial charge on any atom is -0.471 e. The average Bonchev–Trinajstić information content (AvgIpc) is 2.79. The number of benzene rings is 1. The molecular weight excluding hydrogens is 401 g/mol. The van der Waals surface area contributed by atoms with E-state index in [0.717, 1.165) is 45.2 Å². The number of Topliss-reactive ketones (excluding diaryl/α,β-unsaturated/α-hetero) is 1. The number of nitrogens with zero attached hydrogens (tertiary/aromatic N) is 4. The molecule has 2 aromatic rings. The Labute approximate surface area is 180 Å². The predicted octanol–water partition coefficient (Wildman–Crippen LogP) is 1.47. The normalized spacial score (nSPS) is 20.1. The number of carbonyl (C=O) groups excluding carboxylic acids is 1. The van der Waals surface area contributed by atoms with Crippen LogP contribution in [0.5, 0.6) is 5.88 Å². The van der Waals surface area contributed by atoms with Crippen LogP contribution in [0.3, 0.4) is 0 Å². The second-order valence-electron chi connectivity index (χ2n) is 7.67. The van der Waals surface area contributed by atoms with Crippen LogP contribution in [0.15, 0.2) is 42.2 Å². The number of halogens is 1. The number of rotatable bonds is 6. The van der Waals surface area contributed by atoms with Gasteiger partial charge in [-0.1, -0.05) is 0 Å². The molecule has 4 rings (SSSR count). The molecule has 8 nitrogen and oxygen atoms in total. The minimum atomic E-state index is -0.370. The van der Waals surface area contributed by atoms with Crippen LogP contribution in [0, 0.1) is 5.82 Å². The molecule has 31 heavy (non-hydrogen) atoms. The Morgan fingerprint density at radius 1 is 1.23 bits per heavy atom. The number of hydrogen-bond donors (Lipinski definition) is 1. The molecule has 164 valence electrons. The number of aromatic nitrogens is 2. The Kier molecular flexibility index (Phi) is 6.43. The Hall–Kier alpha value is -3.04. The summed E-state index contributed by atoms with van der Waals surface area (Å²) < 4.78 is 24.4. The molecule has 0 saturated carbocycles. The number of ketones is 1. The van der Waals surface area contributed by atoms with Gasteiger partial charge in [0, 0.05) is 31.9 Å². The van der Waals surface area contributed by atoms with Crippen molar-refractivity contribution in [1.82, 2.24) is 14.9 Å². The largest absolute Gasteiger partial charge is 0.471 e. The van der Waals surface area contributed by atoms with Gasteiger partial charge in [0.05, 0.1) is 37.2 Å². The lowest BCUT2D eigenvalue weighted by atomic mass is 10.0. The maximum Gasteiger partial charge on any atom is 0.232 e. The van der Waals surface area contributed by atoms with Crippen molar-refractivity contribution in [2.24, 2.45) is 5.73 Å². The van der Waals surface area contributed by atoms with Gasteiger partial charge < -0.3 is 20.1 Å². The summed E-state index contributed by atoms with van der Waals surface area (Å²) in [7, 11) is 0. The fourth-order valence-electron chi connectivity index (χ4n) is 3.82. The smallest absolute Gasteiger partial charge is 0.232 e. The van der Waals surface area contributed by atoms with Gasteiger partial charge >= 0.3 is 0 Å². The summed E-state index contributed by atoms with van der Waals surface area (Å²) in [4.78, 5) is 25.5. The van der Waals surface area contributed by atoms with Crippen molar-refractivity contribution in [3.05, 3.63) is 53.6 Å². The number of fused-ring (bicyclic) bond motifs is 1. The van der Waals surface area contributed by atoms with Gasteiger partial charge in [-0.2, -0.15) is 0 Å². The first kappa shape index (κ1) is 21.2. The first-order valence-electron chi connectivity index (χ1n) is 10.3. The number of ether oxygens (including phenoxy) is 2. The summed E-state index contributed by atoms with van der Waals surface area (Å²) in [5, 5.41) is 0. The summed E-state index contributed by atoms with van der Waals surface area (Å²) in [6.07, 6.45) is 3.22. The Bertz CT molecular complexity index is 949. The minimum absolute atomic E-state index is 0.0509. The summed E-state index contributed by atoms with van der Waals surface area (Å²) in [5.41, 5.74) is 7.24. The van der Waals surface area contributed by atoms with E-state index in [9.17, 15) is 9.18 Å². The molecule has 1 aromatic heterocycles. The summed E-state index contributed by atoms with van der Waals surface area (Å²) in [5.74, 6) is 0.490. The van der Waals surface area contributed by atoms with Gasteiger partial charge in [-0.3, -0.25) is 9.69 Å². The molecule has 1 aromatic carbocycles. The van der Waals surface area contributed by atoms with E-state index in [1.165, 1.54) is 31.2 Å². The van der Waals surface area contributed by atoms with Gasteiger partial charge in [0.25, 0.3) is 0 Å². The zero-order valence-electron chi connectivity index (χ0n) is 17.5. The Balaban J connectivity index is 1.40. The van der Waals surface area contributed by atoms with Crippen molar-refractivity contribution in [2.45, 2.75) is 13.0 Å². The highest BCUT2D eigenvalue weighted by atomic mass is 19.1. The van der Waals surface area contributed by atoms with Gasteiger partial charge in [0.2, 0.25) is 5.88 Å². The zero-order chi connectivity index (χ0) is 21.8. The molecule has 2 saturated heterocycles. The van der Waals surface area contributed by atoms with E-state index < -0.39 is 0 Å². The molecule has 2 N–H and O–H groups in total. The summed E-state index contributed by atoms with van der Waals surface area (Å²) in [6, 6.07) is 6.02. The average molecular weight is 427 g/mol. The Morgan fingerprint density at radius 2 is 2.03 bits per heavy atom. The third-order valence-electron chi connectivity index (χ3n) is 5.65. The van der Waals surface area contributed by atoms with Crippen LogP contribution < -0.4 is 15.4 Å². The van der Waals surface area contributed by atoms with Crippen molar-refractivity contribution in [2.75, 3.05) is 50.9 Å². The molecule has 0 amide bonds. The van der Waals surface area contributed by atoms with E-state index in [1.807, 2.05) is 0 Å². The lowest BCUT2D eigenvalue weighted by molar-refractivity contribution is -0.113. The van der Waals surface area contributed by atoms with Gasteiger partial charge in [-0.15, -0.1) is 0 Å². The van der Waals surface area contributed by atoms with Crippen molar-refractivity contribution in [1.29, 1.82) is 0 Å². The molecular formula is C22H26FN5O3. The van der Waals surface area contributed by atoms with Crippen LogP contribution in [0.4, 0.5) is 10.2 Å². The van der Waals surface area contributed by atoms with Crippen molar-refractivity contribution in [3.8, 4) is 5.88 Å². The molecule has 2 aliphatic rings.